The van der Waals surface area contributed by atoms with Gasteiger partial charge in [0.15, 0.2) is 5.13 Å². The van der Waals surface area contributed by atoms with Crippen molar-refractivity contribution in [3.63, 3.8) is 0 Å². The van der Waals surface area contributed by atoms with Gasteiger partial charge in [-0.25, -0.2) is 4.98 Å². The Kier molecular flexibility index (Phi) is 3.57. The van der Waals surface area contributed by atoms with E-state index in [1.165, 1.54) is 21.4 Å². The highest BCUT2D eigenvalue weighted by molar-refractivity contribution is 7.16. The lowest BCUT2D eigenvalue weighted by molar-refractivity contribution is -0.115. The molecule has 1 aliphatic carbocycles. The van der Waals surface area contributed by atoms with Gasteiger partial charge in [-0.05, 0) is 21.9 Å². The Labute approximate surface area is 155 Å². The van der Waals surface area contributed by atoms with Gasteiger partial charge < -0.3 is 5.32 Å². The molecule has 0 unspecified atom stereocenters. The van der Waals surface area contributed by atoms with E-state index >= 15 is 0 Å². The molecule has 1 heterocycles. The smallest absolute Gasteiger partial charge is 0.230 e. The molecule has 3 nitrogen and oxygen atoms in total. The van der Waals surface area contributed by atoms with Crippen LogP contribution in [0.3, 0.4) is 0 Å². The van der Waals surface area contributed by atoms with E-state index in [1.807, 2.05) is 24.3 Å². The van der Waals surface area contributed by atoms with Crippen LogP contribution in [0, 0.1) is 0 Å². The van der Waals surface area contributed by atoms with Gasteiger partial charge in [0.1, 0.15) is 0 Å². The van der Waals surface area contributed by atoms with Crippen LogP contribution in [0.4, 0.5) is 5.13 Å². The number of hydrogen-bond acceptors (Lipinski definition) is 3. The Balaban J connectivity index is 1.33. The van der Waals surface area contributed by atoms with Crippen LogP contribution in [-0.4, -0.2) is 10.9 Å². The number of nitrogens with zero attached hydrogens (tertiary/aromatic N) is 1. The first-order chi connectivity index (χ1) is 12.8. The molecule has 0 fully saturated rings. The number of thiazole rings is 1. The van der Waals surface area contributed by atoms with Crippen molar-refractivity contribution < 1.29 is 4.79 Å². The number of carbonyl (C=O) groups excluding carboxylic acids is 1. The third-order valence-electron chi connectivity index (χ3n) is 4.75. The monoisotopic (exact) mass is 356 g/mol. The molecule has 4 heteroatoms. The summed E-state index contributed by atoms with van der Waals surface area (Å²) in [7, 11) is 0. The van der Waals surface area contributed by atoms with E-state index in [0.717, 1.165) is 23.1 Å². The second kappa shape index (κ2) is 6.07. The van der Waals surface area contributed by atoms with Crippen molar-refractivity contribution in [2.75, 3.05) is 5.32 Å². The zero-order valence-corrected chi connectivity index (χ0v) is 14.8. The zero-order chi connectivity index (χ0) is 17.5. The van der Waals surface area contributed by atoms with Crippen LogP contribution in [0.25, 0.3) is 22.0 Å². The number of aromatic nitrogens is 1. The van der Waals surface area contributed by atoms with E-state index in [1.54, 1.807) is 11.3 Å². The van der Waals surface area contributed by atoms with Crippen molar-refractivity contribution in [3.8, 4) is 11.3 Å². The van der Waals surface area contributed by atoms with Gasteiger partial charge in [0.25, 0.3) is 0 Å². The van der Waals surface area contributed by atoms with Crippen LogP contribution in [-0.2, 0) is 17.6 Å². The molecule has 0 atom stereocenters. The lowest BCUT2D eigenvalue weighted by Crippen LogP contribution is -2.14. The Bertz CT molecular complexity index is 1150. The molecular formula is C22H16N2OS. The van der Waals surface area contributed by atoms with E-state index in [4.69, 9.17) is 0 Å². The fourth-order valence-corrected chi connectivity index (χ4v) is 4.53. The molecule has 1 aromatic heterocycles. The molecule has 0 radical (unpaired) electrons. The predicted octanol–water partition coefficient (Wildman–Crippen LogP) is 5.05. The van der Waals surface area contributed by atoms with E-state index in [2.05, 4.69) is 52.8 Å². The third-order valence-corrected chi connectivity index (χ3v) is 5.72. The number of fused-ring (bicyclic) bond motifs is 4. The van der Waals surface area contributed by atoms with Crippen molar-refractivity contribution in [1.29, 1.82) is 0 Å². The number of benzene rings is 3. The molecular weight excluding hydrogens is 340 g/mol. The Morgan fingerprint density at radius 3 is 2.73 bits per heavy atom. The number of nitrogens with one attached hydrogen (secondary N) is 1. The predicted molar refractivity (Wildman–Crippen MR) is 107 cm³/mol. The van der Waals surface area contributed by atoms with Crippen molar-refractivity contribution in [2.24, 2.45) is 0 Å². The molecule has 0 aliphatic heterocycles. The summed E-state index contributed by atoms with van der Waals surface area (Å²) >= 11 is 1.58. The van der Waals surface area contributed by atoms with E-state index in [0.29, 0.717) is 11.6 Å². The van der Waals surface area contributed by atoms with Gasteiger partial charge in [0.2, 0.25) is 5.91 Å². The maximum Gasteiger partial charge on any atom is 0.230 e. The first kappa shape index (κ1) is 15.3. The van der Waals surface area contributed by atoms with Crippen LogP contribution in [0.5, 0.6) is 0 Å². The second-order valence-corrected chi connectivity index (χ2v) is 7.61. The highest BCUT2D eigenvalue weighted by Gasteiger charge is 2.23. The quantitative estimate of drug-likeness (QED) is 0.491. The van der Waals surface area contributed by atoms with Gasteiger partial charge in [0.05, 0.1) is 12.1 Å². The van der Waals surface area contributed by atoms with E-state index < -0.39 is 0 Å². The standard InChI is InChI=1S/C22H16N2OS/c25-20(12-14-9-10-15-5-1-2-6-16(15)11-14)23-22-24-21-18-8-4-3-7-17(18)13-19(21)26-22/h1-11H,12-13H2,(H,23,24,25). The summed E-state index contributed by atoms with van der Waals surface area (Å²) in [6.45, 7) is 0. The van der Waals surface area contributed by atoms with Crippen LogP contribution < -0.4 is 5.32 Å². The summed E-state index contributed by atoms with van der Waals surface area (Å²) in [5, 5.41) is 6.00. The first-order valence-electron chi connectivity index (χ1n) is 8.62. The highest BCUT2D eigenvalue weighted by Crippen LogP contribution is 2.40. The average molecular weight is 356 g/mol. The minimum absolute atomic E-state index is 0.0269. The molecule has 3 aromatic carbocycles. The van der Waals surface area contributed by atoms with E-state index in [9.17, 15) is 4.79 Å². The maximum absolute atomic E-state index is 12.4. The lowest BCUT2D eigenvalue weighted by atomic mass is 10.1. The van der Waals surface area contributed by atoms with Crippen LogP contribution in [0.2, 0.25) is 0 Å². The fourth-order valence-electron chi connectivity index (χ4n) is 3.51. The molecule has 126 valence electrons. The van der Waals surface area contributed by atoms with Crippen molar-refractivity contribution in [3.05, 3.63) is 82.7 Å². The van der Waals surface area contributed by atoms with Gasteiger partial charge in [-0.1, -0.05) is 66.7 Å². The molecule has 5 rings (SSSR count). The third kappa shape index (κ3) is 2.68. The zero-order valence-electron chi connectivity index (χ0n) is 14.0. The molecule has 0 saturated heterocycles. The molecule has 1 aliphatic rings. The number of amides is 1. The summed E-state index contributed by atoms with van der Waals surface area (Å²) in [4.78, 5) is 18.3. The molecule has 26 heavy (non-hydrogen) atoms. The van der Waals surface area contributed by atoms with Crippen LogP contribution in [0.15, 0.2) is 66.7 Å². The Morgan fingerprint density at radius 1 is 1.00 bits per heavy atom. The molecule has 0 bridgehead atoms. The summed E-state index contributed by atoms with van der Waals surface area (Å²) in [6.07, 6.45) is 1.26. The SMILES string of the molecule is O=C(Cc1ccc2ccccc2c1)Nc1nc2c(s1)Cc1ccccc1-2. The number of rotatable bonds is 3. The lowest BCUT2D eigenvalue weighted by Gasteiger charge is -2.04. The fraction of sp³-hybridized carbons (Fsp3) is 0.0909. The van der Waals surface area contributed by atoms with Crippen molar-refractivity contribution >= 4 is 33.1 Å². The van der Waals surface area contributed by atoms with Gasteiger partial charge in [0, 0.05) is 16.9 Å². The van der Waals surface area contributed by atoms with Gasteiger partial charge in [-0.15, -0.1) is 11.3 Å². The van der Waals surface area contributed by atoms with Gasteiger partial charge in [-0.2, -0.15) is 0 Å². The molecule has 4 aromatic rings. The Morgan fingerprint density at radius 2 is 1.81 bits per heavy atom. The number of carbonyl (C=O) groups is 1. The summed E-state index contributed by atoms with van der Waals surface area (Å²) < 4.78 is 0. The molecule has 1 amide bonds. The van der Waals surface area contributed by atoms with E-state index in [-0.39, 0.29) is 5.91 Å². The van der Waals surface area contributed by atoms with Crippen LogP contribution >= 0.6 is 11.3 Å². The second-order valence-electron chi connectivity index (χ2n) is 6.53. The topological polar surface area (TPSA) is 42.0 Å². The Hall–Kier alpha value is -2.98. The number of anilines is 1. The molecule has 0 spiro atoms. The van der Waals surface area contributed by atoms with Crippen LogP contribution in [0.1, 0.15) is 16.0 Å². The minimum Gasteiger partial charge on any atom is -0.302 e. The average Bonchev–Trinajstić information content (AvgIpc) is 3.18. The van der Waals surface area contributed by atoms with Crippen molar-refractivity contribution in [2.45, 2.75) is 12.8 Å². The van der Waals surface area contributed by atoms with Gasteiger partial charge in [-0.3, -0.25) is 4.79 Å². The summed E-state index contributed by atoms with van der Waals surface area (Å²) in [6, 6.07) is 22.7. The van der Waals surface area contributed by atoms with Gasteiger partial charge >= 0.3 is 0 Å². The summed E-state index contributed by atoms with van der Waals surface area (Å²) in [5.74, 6) is -0.0269. The maximum atomic E-state index is 12.4. The largest absolute Gasteiger partial charge is 0.302 e. The highest BCUT2D eigenvalue weighted by atomic mass is 32.1. The first-order valence-corrected chi connectivity index (χ1v) is 9.43. The molecule has 1 N–H and O–H groups in total. The molecule has 0 saturated carbocycles. The normalized spacial score (nSPS) is 12.0. The number of hydrogen-bond donors (Lipinski definition) is 1. The minimum atomic E-state index is -0.0269. The summed E-state index contributed by atoms with van der Waals surface area (Å²) in [5.41, 5.74) is 4.53. The van der Waals surface area contributed by atoms with Crippen molar-refractivity contribution in [1.82, 2.24) is 4.98 Å².